The molecule has 288 valence electrons. The second-order valence-corrected chi connectivity index (χ2v) is 14.4. The second kappa shape index (κ2) is 18.2. The Bertz CT molecular complexity index is 2240. The van der Waals surface area contributed by atoms with Crippen LogP contribution >= 0.6 is 22.7 Å². The molecule has 54 heavy (non-hydrogen) atoms. The average molecular weight is 784 g/mol. The molecular weight excluding hydrogens is 739 g/mol. The number of thiazole rings is 2. The van der Waals surface area contributed by atoms with E-state index in [2.05, 4.69) is 15.3 Å². The summed E-state index contributed by atoms with van der Waals surface area (Å²) < 4.78 is 55.6. The summed E-state index contributed by atoms with van der Waals surface area (Å²) in [6.07, 6.45) is 0.744. The summed E-state index contributed by atoms with van der Waals surface area (Å²) in [5.41, 5.74) is 7.53. The van der Waals surface area contributed by atoms with Crippen molar-refractivity contribution >= 4 is 72.2 Å². The summed E-state index contributed by atoms with van der Waals surface area (Å²) in [5, 5.41) is 2.66. The number of anilines is 2. The van der Waals surface area contributed by atoms with Crippen molar-refractivity contribution in [1.82, 2.24) is 15.3 Å². The highest BCUT2D eigenvalue weighted by molar-refractivity contribution is 7.17. The number of hydrogen-bond acceptors (Lipinski definition) is 7. The van der Waals surface area contributed by atoms with Crippen molar-refractivity contribution in [3.05, 3.63) is 118 Å². The molecule has 4 aromatic carbocycles. The van der Waals surface area contributed by atoms with Crippen LogP contribution < -0.4 is 15.1 Å². The number of carbonyl (C=O) groups is 3. The number of amides is 3. The summed E-state index contributed by atoms with van der Waals surface area (Å²) in [5.74, 6) is -3.71. The highest BCUT2D eigenvalue weighted by atomic mass is 32.1. The lowest BCUT2D eigenvalue weighted by atomic mass is 9.99. The fourth-order valence-corrected chi connectivity index (χ4v) is 7.47. The van der Waals surface area contributed by atoms with E-state index in [4.69, 9.17) is 0 Å². The van der Waals surface area contributed by atoms with Crippen LogP contribution in [0, 0.1) is 29.2 Å². The van der Waals surface area contributed by atoms with Gasteiger partial charge in [-0.25, -0.2) is 27.5 Å². The van der Waals surface area contributed by atoms with Crippen LogP contribution in [-0.4, -0.2) is 46.8 Å². The molecule has 0 aliphatic heterocycles. The molecule has 2 atom stereocenters. The van der Waals surface area contributed by atoms with Crippen molar-refractivity contribution in [2.24, 2.45) is 5.92 Å². The SMILES string of the molecule is CCN(C(=O)[C@@H](C)Cc1cc(F)cc(F)c1)c1ccc2scnc2c1.CCN(C(=O)[C@H](CCc1cc(F)cc(F)c1)NC(C)=O)c1ccc2scnc2c1.[HH].[HH].[HH]. The van der Waals surface area contributed by atoms with Gasteiger partial charge in [-0.2, -0.15) is 0 Å². The number of likely N-dealkylation sites (N-methyl/N-ethyl adjacent to an activating group) is 1. The van der Waals surface area contributed by atoms with Crippen molar-refractivity contribution in [3.8, 4) is 0 Å². The minimum absolute atomic E-state index is 0. The van der Waals surface area contributed by atoms with Gasteiger partial charge in [0.2, 0.25) is 17.7 Å². The van der Waals surface area contributed by atoms with Gasteiger partial charge in [0.05, 0.1) is 31.5 Å². The largest absolute Gasteiger partial charge is 0.345 e. The fourth-order valence-electron chi connectivity index (χ4n) is 6.15. The van der Waals surface area contributed by atoms with Crippen molar-refractivity contribution in [2.75, 3.05) is 22.9 Å². The Morgan fingerprint density at radius 3 is 1.63 bits per heavy atom. The van der Waals surface area contributed by atoms with Gasteiger partial charge in [-0.3, -0.25) is 14.4 Å². The molecule has 0 spiro atoms. The number of hydrogen-bond donors (Lipinski definition) is 1. The third-order valence-electron chi connectivity index (χ3n) is 8.62. The zero-order valence-electron chi connectivity index (χ0n) is 30.1. The molecule has 6 aromatic rings. The number of aryl methyl sites for hydroxylation is 1. The first-order valence-electron chi connectivity index (χ1n) is 17.3. The van der Waals surface area contributed by atoms with Gasteiger partial charge in [0, 0.05) is 53.7 Å². The Hall–Kier alpha value is -5.21. The molecule has 0 fully saturated rings. The molecule has 0 saturated carbocycles. The van der Waals surface area contributed by atoms with E-state index in [1.54, 1.807) is 39.1 Å². The van der Waals surface area contributed by atoms with E-state index in [0.29, 0.717) is 29.9 Å². The molecule has 0 aliphatic carbocycles. The van der Waals surface area contributed by atoms with Gasteiger partial charge in [-0.1, -0.05) is 6.92 Å². The lowest BCUT2D eigenvalue weighted by Gasteiger charge is -2.27. The topological polar surface area (TPSA) is 95.5 Å². The van der Waals surface area contributed by atoms with Gasteiger partial charge in [-0.15, -0.1) is 22.7 Å². The molecule has 1 N–H and O–H groups in total. The molecule has 3 amide bonds. The quantitative estimate of drug-likeness (QED) is 0.125. The van der Waals surface area contributed by atoms with Crippen LogP contribution in [0.25, 0.3) is 20.4 Å². The van der Waals surface area contributed by atoms with Crippen LogP contribution in [-0.2, 0) is 27.2 Å². The normalized spacial score (nSPS) is 12.1. The summed E-state index contributed by atoms with van der Waals surface area (Å²) >= 11 is 3.06. The van der Waals surface area contributed by atoms with Crippen LogP contribution in [0.3, 0.4) is 0 Å². The Balaban J connectivity index is 0.000000377. The third-order valence-corrected chi connectivity index (χ3v) is 10.2. The summed E-state index contributed by atoms with van der Waals surface area (Å²) in [6.45, 7) is 7.76. The van der Waals surface area contributed by atoms with Crippen molar-refractivity contribution in [3.63, 3.8) is 0 Å². The van der Waals surface area contributed by atoms with Crippen molar-refractivity contribution < 1.29 is 36.2 Å². The molecule has 0 radical (unpaired) electrons. The predicted octanol–water partition coefficient (Wildman–Crippen LogP) is 9.61. The van der Waals surface area contributed by atoms with Crippen LogP contribution in [0.2, 0.25) is 0 Å². The maximum absolute atomic E-state index is 13.4. The molecule has 0 aliphatic rings. The number of carbonyl (C=O) groups excluding carboxylic acids is 3. The van der Waals surface area contributed by atoms with E-state index in [1.165, 1.54) is 42.5 Å². The average Bonchev–Trinajstić information content (AvgIpc) is 3.79. The molecule has 2 heterocycles. The van der Waals surface area contributed by atoms with E-state index in [9.17, 15) is 31.9 Å². The molecule has 14 heteroatoms. The van der Waals surface area contributed by atoms with E-state index >= 15 is 0 Å². The van der Waals surface area contributed by atoms with Gasteiger partial charge in [0.15, 0.2) is 0 Å². The second-order valence-electron chi connectivity index (χ2n) is 12.6. The minimum Gasteiger partial charge on any atom is -0.345 e. The number of aromatic nitrogens is 2. The number of fused-ring (bicyclic) bond motifs is 2. The van der Waals surface area contributed by atoms with Crippen LogP contribution in [0.15, 0.2) is 83.8 Å². The molecule has 6 rings (SSSR count). The van der Waals surface area contributed by atoms with Gasteiger partial charge in [0.25, 0.3) is 0 Å². The zero-order valence-corrected chi connectivity index (χ0v) is 31.7. The molecule has 0 bridgehead atoms. The number of rotatable bonds is 12. The molecule has 8 nitrogen and oxygen atoms in total. The maximum Gasteiger partial charge on any atom is 0.249 e. The van der Waals surface area contributed by atoms with Gasteiger partial charge < -0.3 is 15.1 Å². The van der Waals surface area contributed by atoms with Gasteiger partial charge >= 0.3 is 0 Å². The Labute approximate surface area is 322 Å². The first-order chi connectivity index (χ1) is 25.8. The Morgan fingerprint density at radius 1 is 0.704 bits per heavy atom. The lowest BCUT2D eigenvalue weighted by Crippen LogP contribution is -2.48. The Kier molecular flexibility index (Phi) is 13.5. The maximum atomic E-state index is 13.4. The highest BCUT2D eigenvalue weighted by Crippen LogP contribution is 2.27. The molecular formula is C40H45F4N5O3S2. The van der Waals surface area contributed by atoms with Crippen LogP contribution in [0.1, 0.15) is 49.5 Å². The first kappa shape index (κ1) is 40.0. The number of halogens is 4. The highest BCUT2D eigenvalue weighted by Gasteiger charge is 2.26. The smallest absolute Gasteiger partial charge is 0.249 e. The first-order valence-corrected chi connectivity index (χ1v) is 19.1. The molecule has 0 unspecified atom stereocenters. The number of benzene rings is 4. The van der Waals surface area contributed by atoms with Gasteiger partial charge in [0.1, 0.15) is 29.3 Å². The minimum atomic E-state index is -0.815. The van der Waals surface area contributed by atoms with E-state index in [1.807, 2.05) is 50.2 Å². The Morgan fingerprint density at radius 2 is 1.17 bits per heavy atom. The summed E-state index contributed by atoms with van der Waals surface area (Å²) in [7, 11) is 0. The van der Waals surface area contributed by atoms with Crippen molar-refractivity contribution in [2.45, 2.75) is 53.0 Å². The summed E-state index contributed by atoms with van der Waals surface area (Å²) in [4.78, 5) is 49.5. The third kappa shape index (κ3) is 10.3. The van der Waals surface area contributed by atoms with Crippen LogP contribution in [0.5, 0.6) is 0 Å². The van der Waals surface area contributed by atoms with Gasteiger partial charge in [-0.05, 0) is 105 Å². The van der Waals surface area contributed by atoms with E-state index in [0.717, 1.165) is 38.3 Å². The van der Waals surface area contributed by atoms with Crippen molar-refractivity contribution in [1.29, 1.82) is 0 Å². The van der Waals surface area contributed by atoms with Crippen LogP contribution in [0.4, 0.5) is 28.9 Å². The standard InChI is InChI=1S/C21H21F2N3O2S.C19H18F2N2OS.3H2/c1-3-26(17-5-7-20-19(11-17)24-12-29-20)21(28)18(25-13(2)27)6-4-14-8-15(22)10-16(23)9-14;1-3-23(16-4-5-18-17(10-16)22-11-25-18)19(24)12(2)6-13-7-14(20)9-15(21)8-13;;;/h5,7-12,18H,3-4,6H2,1-2H3,(H,25,27);4-5,7-12H,3,6H2,1-2H3;3*1H/t18-;12-;;;/m00.../s1. The predicted molar refractivity (Wildman–Crippen MR) is 213 cm³/mol. The number of nitrogens with zero attached hydrogens (tertiary/aromatic N) is 4. The van der Waals surface area contributed by atoms with E-state index in [-0.39, 0.29) is 41.3 Å². The monoisotopic (exact) mass is 783 g/mol. The molecule has 0 saturated heterocycles. The fraction of sp³-hybridized carbons (Fsp3) is 0.275. The van der Waals surface area contributed by atoms with E-state index < -0.39 is 35.2 Å². The lowest BCUT2D eigenvalue weighted by molar-refractivity contribution is -0.126. The molecule has 2 aromatic heterocycles. The zero-order chi connectivity index (χ0) is 38.9. The number of nitrogens with one attached hydrogen (secondary N) is 1. The summed E-state index contributed by atoms with van der Waals surface area (Å²) in [6, 6.07) is 17.1.